The van der Waals surface area contributed by atoms with Gasteiger partial charge in [0, 0.05) is 18.8 Å². The maximum Gasteiger partial charge on any atom is 0.321 e. The Morgan fingerprint density at radius 3 is 2.04 bits per heavy atom. The Bertz CT molecular complexity index is 483. The molecule has 0 aliphatic heterocycles. The van der Waals surface area contributed by atoms with Gasteiger partial charge in [0.2, 0.25) is 0 Å². The molecule has 0 N–H and O–H groups in total. The number of aryl methyl sites for hydroxylation is 1. The van der Waals surface area contributed by atoms with Crippen LogP contribution in [0.1, 0.15) is 76.8 Å². The summed E-state index contributed by atoms with van der Waals surface area (Å²) in [6.07, 6.45) is 6.86. The number of rotatable bonds is 10. The van der Waals surface area contributed by atoms with Gasteiger partial charge in [0.1, 0.15) is 0 Å². The van der Waals surface area contributed by atoms with Crippen LogP contribution in [0.15, 0.2) is 24.3 Å². The highest BCUT2D eigenvalue weighted by molar-refractivity contribution is 6.44. The van der Waals surface area contributed by atoms with Gasteiger partial charge in [-0.05, 0) is 84.2 Å². The van der Waals surface area contributed by atoms with Crippen LogP contribution in [-0.2, 0) is 13.6 Å². The average molecular weight is 379 g/mol. The lowest BCUT2D eigenvalue weighted by atomic mass is 9.82. The third-order valence-corrected chi connectivity index (χ3v) is 7.58. The second-order valence-electron chi connectivity index (χ2n) is 8.20. The molecule has 0 radical (unpaired) electrons. The molecule has 1 aliphatic carbocycles. The van der Waals surface area contributed by atoms with E-state index in [0.717, 1.165) is 19.1 Å². The average Bonchev–Trinajstić information content (AvgIpc) is 2.59. The van der Waals surface area contributed by atoms with Crippen LogP contribution in [0.4, 0.5) is 0 Å². The van der Waals surface area contributed by atoms with Gasteiger partial charge < -0.3 is 13.6 Å². The topological polar surface area (TPSA) is 27.7 Å². The third kappa shape index (κ3) is 7.91. The summed E-state index contributed by atoms with van der Waals surface area (Å²) in [4.78, 5) is 0. The van der Waals surface area contributed by atoms with Crippen molar-refractivity contribution in [3.63, 3.8) is 0 Å². The summed E-state index contributed by atoms with van der Waals surface area (Å²) < 4.78 is 18.1. The standard InChI is InChI=1S/C22H38O3Si/c1-17(2)24-26(25-18(3)4)16-6-15-23-22-13-11-21(12-14-22)20-9-7-19(5)8-10-20/h7-10,17-18,21-22,26H,6,11-16H2,1-5H3. The van der Waals surface area contributed by atoms with Gasteiger partial charge in [-0.25, -0.2) is 0 Å². The SMILES string of the molecule is Cc1ccc(C2CCC(OCCC[SiH](OC(C)C)OC(C)C)CC2)cc1. The van der Waals surface area contributed by atoms with E-state index in [0.29, 0.717) is 12.0 Å². The monoisotopic (exact) mass is 378 g/mol. The molecule has 1 saturated carbocycles. The molecule has 1 aromatic rings. The Morgan fingerprint density at radius 1 is 0.923 bits per heavy atom. The third-order valence-electron chi connectivity index (χ3n) is 5.01. The molecular formula is C22H38O3Si. The lowest BCUT2D eigenvalue weighted by Gasteiger charge is -2.29. The molecule has 0 aromatic heterocycles. The van der Waals surface area contributed by atoms with Gasteiger partial charge in [0.05, 0.1) is 6.10 Å². The van der Waals surface area contributed by atoms with Gasteiger partial charge in [-0.1, -0.05) is 29.8 Å². The normalized spacial score (nSPS) is 21.1. The van der Waals surface area contributed by atoms with Crippen molar-refractivity contribution in [1.29, 1.82) is 0 Å². The van der Waals surface area contributed by atoms with E-state index in [1.54, 1.807) is 0 Å². The Labute approximate surface area is 162 Å². The van der Waals surface area contributed by atoms with Gasteiger partial charge >= 0.3 is 9.28 Å². The first-order chi connectivity index (χ1) is 12.4. The molecule has 1 aliphatic rings. The van der Waals surface area contributed by atoms with Gasteiger partial charge in [-0.3, -0.25) is 0 Å². The molecule has 26 heavy (non-hydrogen) atoms. The zero-order valence-electron chi connectivity index (χ0n) is 17.4. The van der Waals surface area contributed by atoms with Crippen molar-refractivity contribution in [2.24, 2.45) is 0 Å². The fraction of sp³-hybridized carbons (Fsp3) is 0.727. The molecule has 0 saturated heterocycles. The van der Waals surface area contributed by atoms with Crippen LogP contribution in [0.3, 0.4) is 0 Å². The fourth-order valence-corrected chi connectivity index (χ4v) is 5.73. The Hall–Kier alpha value is -0.683. The van der Waals surface area contributed by atoms with Crippen molar-refractivity contribution < 1.29 is 13.6 Å². The first-order valence-electron chi connectivity index (χ1n) is 10.4. The predicted molar refractivity (Wildman–Crippen MR) is 111 cm³/mol. The van der Waals surface area contributed by atoms with E-state index in [9.17, 15) is 0 Å². The van der Waals surface area contributed by atoms with Crippen molar-refractivity contribution >= 4 is 9.28 Å². The number of benzene rings is 1. The lowest BCUT2D eigenvalue weighted by Crippen LogP contribution is -2.30. The van der Waals surface area contributed by atoms with Crippen LogP contribution in [0.5, 0.6) is 0 Å². The van der Waals surface area contributed by atoms with Crippen molar-refractivity contribution in [2.75, 3.05) is 6.61 Å². The van der Waals surface area contributed by atoms with Gasteiger partial charge in [0.15, 0.2) is 0 Å². The second kappa shape index (κ2) is 11.2. The molecule has 2 rings (SSSR count). The Morgan fingerprint density at radius 2 is 1.50 bits per heavy atom. The summed E-state index contributed by atoms with van der Waals surface area (Å²) in [7, 11) is -1.56. The quantitative estimate of drug-likeness (QED) is 0.397. The van der Waals surface area contributed by atoms with Crippen molar-refractivity contribution in [2.45, 2.75) is 97.0 Å². The number of ether oxygens (including phenoxy) is 1. The predicted octanol–water partition coefficient (Wildman–Crippen LogP) is 5.50. The molecule has 4 heteroatoms. The van der Waals surface area contributed by atoms with Crippen LogP contribution in [-0.4, -0.2) is 34.2 Å². The summed E-state index contributed by atoms with van der Waals surface area (Å²) in [5, 5.41) is 0. The second-order valence-corrected chi connectivity index (χ2v) is 10.2. The minimum absolute atomic E-state index is 0.253. The van der Waals surface area contributed by atoms with Crippen molar-refractivity contribution in [3.8, 4) is 0 Å². The molecule has 0 unspecified atom stereocenters. The van der Waals surface area contributed by atoms with Crippen LogP contribution < -0.4 is 0 Å². The Kier molecular flexibility index (Phi) is 9.33. The van der Waals surface area contributed by atoms with Crippen molar-refractivity contribution in [3.05, 3.63) is 35.4 Å². The molecule has 0 bridgehead atoms. The summed E-state index contributed by atoms with van der Waals surface area (Å²) in [6.45, 7) is 11.4. The molecule has 3 nitrogen and oxygen atoms in total. The molecule has 1 aromatic carbocycles. The first kappa shape index (κ1) is 21.6. The molecule has 1 fully saturated rings. The highest BCUT2D eigenvalue weighted by Crippen LogP contribution is 2.34. The molecule has 0 spiro atoms. The highest BCUT2D eigenvalue weighted by atomic mass is 28.3. The Balaban J connectivity index is 1.64. The van der Waals surface area contributed by atoms with Gasteiger partial charge in [0.25, 0.3) is 0 Å². The zero-order chi connectivity index (χ0) is 18.9. The summed E-state index contributed by atoms with van der Waals surface area (Å²) in [6, 6.07) is 10.1. The largest absolute Gasteiger partial charge is 0.394 e. The minimum Gasteiger partial charge on any atom is -0.394 e. The van der Waals surface area contributed by atoms with Crippen LogP contribution in [0, 0.1) is 6.92 Å². The van der Waals surface area contributed by atoms with E-state index in [2.05, 4.69) is 58.9 Å². The molecule has 0 amide bonds. The first-order valence-corrected chi connectivity index (χ1v) is 12.2. The van der Waals surface area contributed by atoms with Gasteiger partial charge in [-0.2, -0.15) is 0 Å². The van der Waals surface area contributed by atoms with E-state index in [1.807, 2.05) is 0 Å². The number of hydrogen-bond acceptors (Lipinski definition) is 3. The fourth-order valence-electron chi connectivity index (χ4n) is 3.68. The summed E-state index contributed by atoms with van der Waals surface area (Å²) in [5.41, 5.74) is 2.84. The minimum atomic E-state index is -1.56. The van der Waals surface area contributed by atoms with Crippen molar-refractivity contribution in [1.82, 2.24) is 0 Å². The van der Waals surface area contributed by atoms with E-state index in [4.69, 9.17) is 13.6 Å². The zero-order valence-corrected chi connectivity index (χ0v) is 18.5. The van der Waals surface area contributed by atoms with E-state index in [-0.39, 0.29) is 12.2 Å². The maximum atomic E-state index is 6.16. The van der Waals surface area contributed by atoms with E-state index < -0.39 is 9.28 Å². The highest BCUT2D eigenvalue weighted by Gasteiger charge is 2.23. The molecular weight excluding hydrogens is 340 g/mol. The van der Waals surface area contributed by atoms with Crippen LogP contribution >= 0.6 is 0 Å². The molecule has 148 valence electrons. The molecule has 0 atom stereocenters. The maximum absolute atomic E-state index is 6.16. The van der Waals surface area contributed by atoms with Gasteiger partial charge in [-0.15, -0.1) is 0 Å². The summed E-state index contributed by atoms with van der Waals surface area (Å²) >= 11 is 0. The summed E-state index contributed by atoms with van der Waals surface area (Å²) in [5.74, 6) is 0.714. The smallest absolute Gasteiger partial charge is 0.321 e. The molecule has 0 heterocycles. The van der Waals surface area contributed by atoms with E-state index in [1.165, 1.54) is 36.8 Å². The van der Waals surface area contributed by atoms with E-state index >= 15 is 0 Å². The van der Waals surface area contributed by atoms with Crippen LogP contribution in [0.25, 0.3) is 0 Å². The number of hydrogen-bond donors (Lipinski definition) is 0. The van der Waals surface area contributed by atoms with Crippen LogP contribution in [0.2, 0.25) is 6.04 Å². The lowest BCUT2D eigenvalue weighted by molar-refractivity contribution is 0.0237.